The number of imide groups is 1. The summed E-state index contributed by atoms with van der Waals surface area (Å²) in [5, 5.41) is 19.9. The Morgan fingerprint density at radius 1 is 0.829 bits per heavy atom. The van der Waals surface area contributed by atoms with Crippen molar-refractivity contribution < 1.29 is 29.4 Å². The third kappa shape index (κ3) is 5.77. The van der Waals surface area contributed by atoms with E-state index in [1.807, 2.05) is 48.5 Å². The summed E-state index contributed by atoms with van der Waals surface area (Å²) in [5.41, 5.74) is 3.45. The van der Waals surface area contributed by atoms with Crippen molar-refractivity contribution in [2.24, 2.45) is 0 Å². The summed E-state index contributed by atoms with van der Waals surface area (Å²) in [6.45, 7) is 3.42. The fourth-order valence-electron chi connectivity index (χ4n) is 4.83. The molecule has 1 saturated heterocycles. The van der Waals surface area contributed by atoms with E-state index in [2.05, 4.69) is 27.1 Å². The molecule has 12 heteroatoms. The summed E-state index contributed by atoms with van der Waals surface area (Å²) in [5.74, 6) is -2.42. The van der Waals surface area contributed by atoms with Gasteiger partial charge in [0.15, 0.2) is 0 Å². The molecule has 2 aliphatic heterocycles. The van der Waals surface area contributed by atoms with E-state index < -0.39 is 23.8 Å². The molecule has 41 heavy (non-hydrogen) atoms. The SMILES string of the molecule is CN1CCN(c2nc(C3=C(c4c[nH]c5ccccc45)C(=O)NC3=O)c3ccccc3n2)CC1.O=C(O)CCC(=O)O. The summed E-state index contributed by atoms with van der Waals surface area (Å²) in [6, 6.07) is 15.4. The molecular weight excluding hydrogens is 528 g/mol. The number of aromatic nitrogens is 3. The average molecular weight is 557 g/mol. The number of piperazine rings is 1. The predicted molar refractivity (Wildman–Crippen MR) is 152 cm³/mol. The molecule has 0 aliphatic carbocycles. The molecule has 2 amide bonds. The molecule has 0 saturated carbocycles. The van der Waals surface area contributed by atoms with E-state index in [4.69, 9.17) is 20.2 Å². The maximum Gasteiger partial charge on any atom is 0.303 e. The third-order valence-electron chi connectivity index (χ3n) is 6.96. The summed E-state index contributed by atoms with van der Waals surface area (Å²) in [6.07, 6.45) is 1.19. The molecule has 0 bridgehead atoms. The number of H-pyrrole nitrogens is 1. The van der Waals surface area contributed by atoms with Crippen LogP contribution >= 0.6 is 0 Å². The summed E-state index contributed by atoms with van der Waals surface area (Å²) in [4.78, 5) is 62.7. The fraction of sp³-hybridized carbons (Fsp3) is 0.241. The first-order chi connectivity index (χ1) is 19.7. The average Bonchev–Trinajstić information content (AvgIpc) is 3.51. The van der Waals surface area contributed by atoms with Gasteiger partial charge in [0.1, 0.15) is 0 Å². The highest BCUT2D eigenvalue weighted by atomic mass is 16.4. The molecule has 1 fully saturated rings. The van der Waals surface area contributed by atoms with Crippen molar-refractivity contribution in [3.8, 4) is 0 Å². The van der Waals surface area contributed by atoms with E-state index in [0.717, 1.165) is 48.0 Å². The van der Waals surface area contributed by atoms with Gasteiger partial charge in [0.2, 0.25) is 5.95 Å². The quantitative estimate of drug-likeness (QED) is 0.259. The fourth-order valence-corrected chi connectivity index (χ4v) is 4.83. The van der Waals surface area contributed by atoms with Crippen LogP contribution in [0.5, 0.6) is 0 Å². The molecule has 4 N–H and O–H groups in total. The number of fused-ring (bicyclic) bond motifs is 2. The van der Waals surface area contributed by atoms with Crippen LogP contribution in [0.4, 0.5) is 5.95 Å². The second-order valence-electron chi connectivity index (χ2n) is 9.75. The highest BCUT2D eigenvalue weighted by Gasteiger charge is 2.35. The molecule has 4 aromatic rings. The summed E-state index contributed by atoms with van der Waals surface area (Å²) >= 11 is 0. The van der Waals surface area contributed by atoms with Crippen molar-refractivity contribution in [1.82, 2.24) is 25.2 Å². The number of aromatic amines is 1. The number of aliphatic carboxylic acids is 2. The number of para-hydroxylation sites is 2. The number of nitrogens with one attached hydrogen (secondary N) is 2. The molecule has 2 aromatic carbocycles. The number of anilines is 1. The lowest BCUT2D eigenvalue weighted by Gasteiger charge is -2.32. The Hall–Kier alpha value is -5.10. The first kappa shape index (κ1) is 27.5. The topological polar surface area (TPSA) is 169 Å². The predicted octanol–water partition coefficient (Wildman–Crippen LogP) is 2.37. The molecule has 4 heterocycles. The second-order valence-corrected chi connectivity index (χ2v) is 9.75. The van der Waals surface area contributed by atoms with E-state index in [0.29, 0.717) is 28.4 Å². The Morgan fingerprint density at radius 3 is 2.12 bits per heavy atom. The monoisotopic (exact) mass is 556 g/mol. The molecule has 0 unspecified atom stereocenters. The van der Waals surface area contributed by atoms with Crippen LogP contribution in [0.25, 0.3) is 33.0 Å². The zero-order chi connectivity index (χ0) is 29.1. The Balaban J connectivity index is 0.000000372. The lowest BCUT2D eigenvalue weighted by atomic mass is 9.97. The maximum atomic E-state index is 13.1. The maximum absolute atomic E-state index is 13.1. The van der Waals surface area contributed by atoms with Gasteiger partial charge in [0, 0.05) is 54.2 Å². The second kappa shape index (κ2) is 11.6. The van der Waals surface area contributed by atoms with Crippen molar-refractivity contribution >= 4 is 62.7 Å². The lowest BCUT2D eigenvalue weighted by molar-refractivity contribution is -0.143. The number of nitrogens with zero attached hydrogens (tertiary/aromatic N) is 4. The van der Waals surface area contributed by atoms with Gasteiger partial charge in [-0.2, -0.15) is 0 Å². The number of likely N-dealkylation sites (N-methyl/N-ethyl adjacent to an activating group) is 1. The van der Waals surface area contributed by atoms with Crippen LogP contribution in [0.2, 0.25) is 0 Å². The minimum absolute atomic E-state index is 0.290. The molecule has 2 aromatic heterocycles. The van der Waals surface area contributed by atoms with Crippen LogP contribution in [-0.2, 0) is 19.2 Å². The van der Waals surface area contributed by atoms with Gasteiger partial charge in [-0.05, 0) is 19.2 Å². The summed E-state index contributed by atoms with van der Waals surface area (Å²) in [7, 11) is 2.09. The van der Waals surface area contributed by atoms with Crippen molar-refractivity contribution in [2.75, 3.05) is 38.1 Å². The van der Waals surface area contributed by atoms with Gasteiger partial charge >= 0.3 is 11.9 Å². The lowest BCUT2D eigenvalue weighted by Crippen LogP contribution is -2.45. The Kier molecular flexibility index (Phi) is 7.74. The van der Waals surface area contributed by atoms with E-state index in [1.54, 1.807) is 6.20 Å². The number of carboxylic acid groups (broad SMARTS) is 2. The van der Waals surface area contributed by atoms with Crippen LogP contribution in [0, 0.1) is 0 Å². The molecule has 6 rings (SSSR count). The van der Waals surface area contributed by atoms with Crippen LogP contribution in [0.3, 0.4) is 0 Å². The van der Waals surface area contributed by atoms with Crippen LogP contribution < -0.4 is 10.2 Å². The van der Waals surface area contributed by atoms with E-state index in [-0.39, 0.29) is 12.8 Å². The normalized spacial score (nSPS) is 15.7. The minimum Gasteiger partial charge on any atom is -0.481 e. The van der Waals surface area contributed by atoms with Crippen molar-refractivity contribution in [1.29, 1.82) is 0 Å². The zero-order valence-electron chi connectivity index (χ0n) is 22.3. The van der Waals surface area contributed by atoms with Gasteiger partial charge in [-0.3, -0.25) is 24.5 Å². The van der Waals surface area contributed by atoms with Crippen molar-refractivity contribution in [3.05, 3.63) is 66.0 Å². The van der Waals surface area contributed by atoms with Gasteiger partial charge in [-0.1, -0.05) is 36.4 Å². The van der Waals surface area contributed by atoms with Crippen LogP contribution in [0.1, 0.15) is 24.1 Å². The largest absolute Gasteiger partial charge is 0.481 e. The number of hydrogen-bond donors (Lipinski definition) is 4. The van der Waals surface area contributed by atoms with E-state index >= 15 is 0 Å². The van der Waals surface area contributed by atoms with Gasteiger partial charge in [0.25, 0.3) is 11.8 Å². The smallest absolute Gasteiger partial charge is 0.303 e. The highest BCUT2D eigenvalue weighted by Crippen LogP contribution is 2.37. The number of amides is 2. The first-order valence-corrected chi connectivity index (χ1v) is 13.0. The van der Waals surface area contributed by atoms with Gasteiger partial charge in [0.05, 0.1) is 35.2 Å². The third-order valence-corrected chi connectivity index (χ3v) is 6.96. The number of benzene rings is 2. The van der Waals surface area contributed by atoms with Gasteiger partial charge in [-0.15, -0.1) is 0 Å². The number of carbonyl (C=O) groups is 4. The zero-order valence-corrected chi connectivity index (χ0v) is 22.3. The number of hydrogen-bond acceptors (Lipinski definition) is 8. The van der Waals surface area contributed by atoms with Crippen molar-refractivity contribution in [2.45, 2.75) is 12.8 Å². The molecule has 0 spiro atoms. The molecule has 12 nitrogen and oxygen atoms in total. The minimum atomic E-state index is -1.08. The molecule has 0 atom stereocenters. The number of rotatable bonds is 6. The molecule has 2 aliphatic rings. The highest BCUT2D eigenvalue weighted by molar-refractivity contribution is 6.50. The van der Waals surface area contributed by atoms with E-state index in [1.165, 1.54) is 0 Å². The van der Waals surface area contributed by atoms with Crippen LogP contribution in [0.15, 0.2) is 54.7 Å². The molecule has 0 radical (unpaired) electrons. The summed E-state index contributed by atoms with van der Waals surface area (Å²) < 4.78 is 0. The van der Waals surface area contributed by atoms with Gasteiger partial charge < -0.3 is 25.0 Å². The number of carbonyl (C=O) groups excluding carboxylic acids is 2. The first-order valence-electron chi connectivity index (χ1n) is 13.0. The van der Waals surface area contributed by atoms with Gasteiger partial charge in [-0.25, -0.2) is 9.97 Å². The molecule has 210 valence electrons. The van der Waals surface area contributed by atoms with Crippen molar-refractivity contribution in [3.63, 3.8) is 0 Å². The number of carboxylic acids is 2. The standard InChI is InChI=1S/C25H22N6O2.C4H6O4/c1-30-10-12-31(13-11-30)25-27-19-9-5-3-7-16(19)22(28-25)21-20(23(32)29-24(21)33)17-14-26-18-8-4-2-6-15(17)18;5-3(6)1-2-4(7)8/h2-9,14,26H,10-13H2,1H3,(H,29,32,33);1-2H2,(H,5,6)(H,7,8). The van der Waals surface area contributed by atoms with E-state index in [9.17, 15) is 19.2 Å². The Morgan fingerprint density at radius 2 is 1.44 bits per heavy atom. The Bertz CT molecular complexity index is 1690. The van der Waals surface area contributed by atoms with Crippen LogP contribution in [-0.4, -0.2) is 87.0 Å². The Labute approximate surface area is 234 Å². The molecular formula is C29H28N6O6.